The smallest absolute Gasteiger partial charge is 0.165 e. The van der Waals surface area contributed by atoms with Crippen LogP contribution in [-0.4, -0.2) is 17.0 Å². The van der Waals surface area contributed by atoms with Gasteiger partial charge in [0.2, 0.25) is 0 Å². The first-order valence-corrected chi connectivity index (χ1v) is 4.02. The SMILES string of the molecule is O=C1[C@@H](O)[C@H]2CCCC[C@@H]12. The van der Waals surface area contributed by atoms with Crippen LogP contribution >= 0.6 is 0 Å². The Balaban J connectivity index is 2.06. The summed E-state index contributed by atoms with van der Waals surface area (Å²) in [6.07, 6.45) is 3.88. The van der Waals surface area contributed by atoms with Gasteiger partial charge in [0.15, 0.2) is 5.78 Å². The first-order chi connectivity index (χ1) is 4.80. The molecule has 2 aliphatic rings. The van der Waals surface area contributed by atoms with Crippen molar-refractivity contribution >= 4 is 5.78 Å². The molecule has 1 N–H and O–H groups in total. The molecule has 0 unspecified atom stereocenters. The molecule has 0 heterocycles. The molecule has 2 heteroatoms. The van der Waals surface area contributed by atoms with Crippen LogP contribution in [0.25, 0.3) is 0 Å². The molecule has 2 nitrogen and oxygen atoms in total. The fourth-order valence-corrected chi connectivity index (χ4v) is 2.20. The number of carbonyl (C=O) groups excluding carboxylic acids is 1. The highest BCUT2D eigenvalue weighted by Gasteiger charge is 2.48. The maximum absolute atomic E-state index is 10.9. The molecule has 0 aromatic heterocycles. The summed E-state index contributed by atoms with van der Waals surface area (Å²) in [4.78, 5) is 10.9. The third kappa shape index (κ3) is 0.655. The summed E-state index contributed by atoms with van der Waals surface area (Å²) in [6, 6.07) is 0. The van der Waals surface area contributed by atoms with E-state index in [4.69, 9.17) is 5.11 Å². The minimum atomic E-state index is -0.592. The van der Waals surface area contributed by atoms with Crippen LogP contribution in [0, 0.1) is 11.8 Å². The maximum Gasteiger partial charge on any atom is 0.165 e. The number of fused-ring (bicyclic) bond motifs is 1. The number of carbonyl (C=O) groups is 1. The van der Waals surface area contributed by atoms with Crippen molar-refractivity contribution in [3.63, 3.8) is 0 Å². The van der Waals surface area contributed by atoms with Crippen LogP contribution in [0.4, 0.5) is 0 Å². The third-order valence-electron chi connectivity index (χ3n) is 2.88. The maximum atomic E-state index is 10.9. The number of aliphatic hydroxyl groups excluding tert-OH is 1. The molecule has 0 radical (unpaired) electrons. The lowest BCUT2D eigenvalue weighted by Crippen LogP contribution is -2.53. The van der Waals surface area contributed by atoms with E-state index in [9.17, 15) is 4.79 Å². The quantitative estimate of drug-likeness (QED) is 0.538. The van der Waals surface area contributed by atoms with E-state index in [1.54, 1.807) is 0 Å². The second kappa shape index (κ2) is 2.06. The van der Waals surface area contributed by atoms with Gasteiger partial charge in [0.05, 0.1) is 0 Å². The van der Waals surface area contributed by atoms with Gasteiger partial charge >= 0.3 is 0 Å². The van der Waals surface area contributed by atoms with Crippen LogP contribution < -0.4 is 0 Å². The van der Waals surface area contributed by atoms with Gasteiger partial charge in [-0.15, -0.1) is 0 Å². The third-order valence-corrected chi connectivity index (χ3v) is 2.88. The van der Waals surface area contributed by atoms with Gasteiger partial charge in [-0.1, -0.05) is 12.8 Å². The summed E-state index contributed by atoms with van der Waals surface area (Å²) < 4.78 is 0. The minimum absolute atomic E-state index is 0.102. The zero-order chi connectivity index (χ0) is 7.14. The Kier molecular flexibility index (Phi) is 1.31. The molecule has 0 aromatic carbocycles. The number of ketones is 1. The van der Waals surface area contributed by atoms with Crippen molar-refractivity contribution in [3.8, 4) is 0 Å². The molecule has 3 atom stereocenters. The zero-order valence-corrected chi connectivity index (χ0v) is 5.92. The van der Waals surface area contributed by atoms with Crippen LogP contribution in [-0.2, 0) is 4.79 Å². The van der Waals surface area contributed by atoms with Crippen molar-refractivity contribution in [1.82, 2.24) is 0 Å². The summed E-state index contributed by atoms with van der Waals surface area (Å²) in [5.41, 5.74) is 0. The lowest BCUT2D eigenvalue weighted by Gasteiger charge is -2.43. The topological polar surface area (TPSA) is 37.3 Å². The molecule has 0 aromatic rings. The average molecular weight is 140 g/mol. The van der Waals surface area contributed by atoms with Crippen molar-refractivity contribution in [2.45, 2.75) is 31.8 Å². The standard InChI is InChI=1S/C8H12O2/c9-7-5-3-1-2-4-6(5)8(7)10/h5-7,9H,1-4H2/t5-,6+,7-/m0/s1. The monoisotopic (exact) mass is 140 g/mol. The molecule has 0 spiro atoms. The Labute approximate surface area is 60.2 Å². The van der Waals surface area contributed by atoms with E-state index in [0.29, 0.717) is 5.92 Å². The van der Waals surface area contributed by atoms with Crippen molar-refractivity contribution in [2.75, 3.05) is 0 Å². The van der Waals surface area contributed by atoms with Gasteiger partial charge in [-0.3, -0.25) is 4.79 Å². The predicted octanol–water partition coefficient (Wildman–Crippen LogP) is 0.736. The number of hydrogen-bond donors (Lipinski definition) is 1. The Hall–Kier alpha value is -0.370. The van der Waals surface area contributed by atoms with Crippen molar-refractivity contribution in [1.29, 1.82) is 0 Å². The minimum Gasteiger partial charge on any atom is -0.385 e. The van der Waals surface area contributed by atoms with Crippen molar-refractivity contribution in [3.05, 3.63) is 0 Å². The van der Waals surface area contributed by atoms with Crippen LogP contribution in [0.1, 0.15) is 25.7 Å². The summed E-state index contributed by atoms with van der Waals surface area (Å²) in [6.45, 7) is 0. The molecular weight excluding hydrogens is 128 g/mol. The van der Waals surface area contributed by atoms with E-state index in [1.807, 2.05) is 0 Å². The first-order valence-electron chi connectivity index (χ1n) is 4.02. The molecule has 2 rings (SSSR count). The molecule has 2 saturated carbocycles. The summed E-state index contributed by atoms with van der Waals surface area (Å²) >= 11 is 0. The first kappa shape index (κ1) is 6.35. The predicted molar refractivity (Wildman–Crippen MR) is 36.5 cm³/mol. The zero-order valence-electron chi connectivity index (χ0n) is 5.92. The number of aliphatic hydroxyl groups is 1. The van der Waals surface area contributed by atoms with E-state index < -0.39 is 6.10 Å². The van der Waals surface area contributed by atoms with Gasteiger partial charge in [-0.2, -0.15) is 0 Å². The summed E-state index contributed by atoms with van der Waals surface area (Å²) in [5, 5.41) is 9.16. The number of rotatable bonds is 0. The molecular formula is C8H12O2. The Morgan fingerprint density at radius 3 is 2.70 bits per heavy atom. The second-order valence-corrected chi connectivity index (χ2v) is 3.40. The van der Waals surface area contributed by atoms with Crippen molar-refractivity contribution < 1.29 is 9.90 Å². The number of Topliss-reactive ketones (excluding diaryl/α,β-unsaturated/α-hetero) is 1. The highest BCUT2D eigenvalue weighted by atomic mass is 16.3. The van der Waals surface area contributed by atoms with Crippen molar-refractivity contribution in [2.24, 2.45) is 11.8 Å². The largest absolute Gasteiger partial charge is 0.385 e. The van der Waals surface area contributed by atoms with Gasteiger partial charge in [-0.25, -0.2) is 0 Å². The Morgan fingerprint density at radius 2 is 2.00 bits per heavy atom. The molecule has 0 aliphatic heterocycles. The highest BCUT2D eigenvalue weighted by Crippen LogP contribution is 2.42. The second-order valence-electron chi connectivity index (χ2n) is 3.40. The highest BCUT2D eigenvalue weighted by molar-refractivity contribution is 5.92. The lowest BCUT2D eigenvalue weighted by atomic mass is 9.62. The van der Waals surface area contributed by atoms with Crippen LogP contribution in [0.5, 0.6) is 0 Å². The summed E-state index contributed by atoms with van der Waals surface area (Å²) in [7, 11) is 0. The molecule has 0 bridgehead atoms. The van der Waals surface area contributed by atoms with E-state index in [0.717, 1.165) is 12.8 Å². The molecule has 56 valence electrons. The van der Waals surface area contributed by atoms with E-state index >= 15 is 0 Å². The number of hydrogen-bond acceptors (Lipinski definition) is 2. The molecule has 2 fully saturated rings. The fourth-order valence-electron chi connectivity index (χ4n) is 2.20. The summed E-state index contributed by atoms with van der Waals surface area (Å²) in [5.74, 6) is 0.676. The van der Waals surface area contributed by atoms with E-state index in [2.05, 4.69) is 0 Å². The molecule has 0 amide bonds. The van der Waals surface area contributed by atoms with Crippen LogP contribution in [0.2, 0.25) is 0 Å². The average Bonchev–Trinajstić information content (AvgIpc) is 2.03. The molecule has 10 heavy (non-hydrogen) atoms. The van der Waals surface area contributed by atoms with Crippen LogP contribution in [0.3, 0.4) is 0 Å². The van der Waals surface area contributed by atoms with E-state index in [-0.39, 0.29) is 11.7 Å². The fraction of sp³-hybridized carbons (Fsp3) is 0.875. The molecule has 2 aliphatic carbocycles. The van der Waals surface area contributed by atoms with Gasteiger partial charge in [-0.05, 0) is 12.8 Å². The van der Waals surface area contributed by atoms with Gasteiger partial charge in [0.1, 0.15) is 6.10 Å². The van der Waals surface area contributed by atoms with Gasteiger partial charge in [0.25, 0.3) is 0 Å². The Bertz CT molecular complexity index is 165. The Morgan fingerprint density at radius 1 is 1.30 bits per heavy atom. The normalized spacial score (nSPS) is 46.1. The van der Waals surface area contributed by atoms with Gasteiger partial charge < -0.3 is 5.11 Å². The van der Waals surface area contributed by atoms with Crippen LogP contribution in [0.15, 0.2) is 0 Å². The van der Waals surface area contributed by atoms with E-state index in [1.165, 1.54) is 12.8 Å². The van der Waals surface area contributed by atoms with Gasteiger partial charge in [0, 0.05) is 11.8 Å². The molecule has 0 saturated heterocycles. The lowest BCUT2D eigenvalue weighted by molar-refractivity contribution is -0.155.